The SMILES string of the molecule is CC(=O)c1c(OCC(O)CN2CCCCC2)ccc2c(C)cc(=O)oc12. The summed E-state index contributed by atoms with van der Waals surface area (Å²) in [7, 11) is 0. The van der Waals surface area contributed by atoms with Crippen LogP contribution in [-0.4, -0.2) is 48.1 Å². The fourth-order valence-corrected chi connectivity index (χ4v) is 3.50. The minimum atomic E-state index is -0.645. The lowest BCUT2D eigenvalue weighted by molar-refractivity contribution is 0.0612. The van der Waals surface area contributed by atoms with Gasteiger partial charge < -0.3 is 19.2 Å². The Bertz CT molecular complexity index is 851. The summed E-state index contributed by atoms with van der Waals surface area (Å²) in [6, 6.07) is 4.86. The summed E-state index contributed by atoms with van der Waals surface area (Å²) >= 11 is 0. The number of fused-ring (bicyclic) bond motifs is 1. The van der Waals surface area contributed by atoms with Crippen LogP contribution in [0.5, 0.6) is 5.75 Å². The molecule has 2 aromatic rings. The van der Waals surface area contributed by atoms with Gasteiger partial charge in [-0.25, -0.2) is 4.79 Å². The Labute approximate surface area is 152 Å². The first-order chi connectivity index (χ1) is 12.5. The van der Waals surface area contributed by atoms with E-state index >= 15 is 0 Å². The van der Waals surface area contributed by atoms with E-state index in [0.717, 1.165) is 31.5 Å². The topological polar surface area (TPSA) is 80.0 Å². The molecule has 0 saturated carbocycles. The standard InChI is InChI=1S/C20H25NO5/c1-13-10-18(24)26-20-16(13)6-7-17(19(20)14(2)22)25-12-15(23)11-21-8-4-3-5-9-21/h6-7,10,15,23H,3-5,8-9,11-12H2,1-2H3. The number of aliphatic hydroxyl groups is 1. The first-order valence-corrected chi connectivity index (χ1v) is 9.07. The molecule has 1 saturated heterocycles. The van der Waals surface area contributed by atoms with Crippen molar-refractivity contribution in [2.45, 2.75) is 39.2 Å². The highest BCUT2D eigenvalue weighted by Gasteiger charge is 2.19. The smallest absolute Gasteiger partial charge is 0.336 e. The molecule has 0 aliphatic carbocycles. The van der Waals surface area contributed by atoms with Gasteiger partial charge in [-0.3, -0.25) is 4.79 Å². The van der Waals surface area contributed by atoms with Gasteiger partial charge in [0.15, 0.2) is 11.4 Å². The van der Waals surface area contributed by atoms with Crippen molar-refractivity contribution in [1.29, 1.82) is 0 Å². The molecule has 1 aliphatic rings. The second-order valence-corrected chi connectivity index (χ2v) is 6.95. The van der Waals surface area contributed by atoms with Crippen LogP contribution in [0.2, 0.25) is 0 Å². The van der Waals surface area contributed by atoms with Crippen LogP contribution in [0.3, 0.4) is 0 Å². The summed E-state index contributed by atoms with van der Waals surface area (Å²) in [5.74, 6) is 0.0846. The van der Waals surface area contributed by atoms with Crippen molar-refractivity contribution in [3.8, 4) is 5.75 Å². The number of Topliss-reactive ketones (excluding diaryl/α,β-unsaturated/α-hetero) is 1. The Balaban J connectivity index is 1.80. The van der Waals surface area contributed by atoms with Gasteiger partial charge in [-0.15, -0.1) is 0 Å². The molecule has 140 valence electrons. The number of ether oxygens (including phenoxy) is 1. The van der Waals surface area contributed by atoms with Crippen LogP contribution < -0.4 is 10.4 Å². The third-order valence-electron chi connectivity index (χ3n) is 4.78. The lowest BCUT2D eigenvalue weighted by Crippen LogP contribution is -2.38. The number of β-amino-alcohol motifs (C(OH)–C–C–N with tert-alkyl or cyclic N) is 1. The fraction of sp³-hybridized carbons (Fsp3) is 0.500. The Morgan fingerprint density at radius 2 is 2.04 bits per heavy atom. The van der Waals surface area contributed by atoms with E-state index in [1.54, 1.807) is 19.1 Å². The quantitative estimate of drug-likeness (QED) is 0.631. The zero-order valence-corrected chi connectivity index (χ0v) is 15.3. The second-order valence-electron chi connectivity index (χ2n) is 6.95. The number of ketones is 1. The number of nitrogens with zero attached hydrogens (tertiary/aromatic N) is 1. The Morgan fingerprint density at radius 3 is 2.73 bits per heavy atom. The summed E-state index contributed by atoms with van der Waals surface area (Å²) in [5.41, 5.74) is 0.731. The van der Waals surface area contributed by atoms with Gasteiger partial charge in [0.25, 0.3) is 0 Å². The predicted molar refractivity (Wildman–Crippen MR) is 99.0 cm³/mol. The van der Waals surface area contributed by atoms with Gasteiger partial charge in [0.05, 0.1) is 0 Å². The maximum atomic E-state index is 12.2. The number of likely N-dealkylation sites (tertiary alicyclic amines) is 1. The van der Waals surface area contributed by atoms with E-state index in [1.165, 1.54) is 19.4 Å². The van der Waals surface area contributed by atoms with Crippen molar-refractivity contribution in [2.24, 2.45) is 0 Å². The van der Waals surface area contributed by atoms with Gasteiger partial charge in [0, 0.05) is 18.0 Å². The summed E-state index contributed by atoms with van der Waals surface area (Å²) in [6.45, 7) is 5.84. The Kier molecular flexibility index (Phi) is 5.74. The lowest BCUT2D eigenvalue weighted by atomic mass is 10.0. The van der Waals surface area contributed by atoms with E-state index in [-0.39, 0.29) is 23.5 Å². The average molecular weight is 359 g/mol. The predicted octanol–water partition coefficient (Wildman–Crippen LogP) is 2.53. The van der Waals surface area contributed by atoms with E-state index in [9.17, 15) is 14.7 Å². The minimum Gasteiger partial charge on any atom is -0.490 e. The maximum Gasteiger partial charge on any atom is 0.336 e. The molecule has 1 aromatic carbocycles. The molecule has 3 rings (SSSR count). The zero-order valence-electron chi connectivity index (χ0n) is 15.3. The third-order valence-corrected chi connectivity index (χ3v) is 4.78. The molecule has 6 heteroatoms. The number of aryl methyl sites for hydroxylation is 1. The zero-order chi connectivity index (χ0) is 18.7. The van der Waals surface area contributed by atoms with Gasteiger partial charge in [-0.05, 0) is 57.5 Å². The first kappa shape index (κ1) is 18.6. The van der Waals surface area contributed by atoms with Gasteiger partial charge >= 0.3 is 5.63 Å². The number of hydrogen-bond acceptors (Lipinski definition) is 6. The summed E-state index contributed by atoms with van der Waals surface area (Å²) in [6.07, 6.45) is 2.91. The van der Waals surface area contributed by atoms with Crippen LogP contribution in [0.15, 0.2) is 27.4 Å². The van der Waals surface area contributed by atoms with Crippen LogP contribution in [0.25, 0.3) is 11.0 Å². The third kappa shape index (κ3) is 4.14. The largest absolute Gasteiger partial charge is 0.490 e. The first-order valence-electron chi connectivity index (χ1n) is 9.07. The molecule has 1 fully saturated rings. The van der Waals surface area contributed by atoms with Crippen molar-refractivity contribution >= 4 is 16.8 Å². The number of piperidine rings is 1. The molecule has 0 amide bonds. The molecule has 0 radical (unpaired) electrons. The van der Waals surface area contributed by atoms with E-state index in [2.05, 4.69) is 4.90 Å². The molecule has 1 aliphatic heterocycles. The van der Waals surface area contributed by atoms with Crippen molar-refractivity contribution in [3.63, 3.8) is 0 Å². The molecule has 26 heavy (non-hydrogen) atoms. The lowest BCUT2D eigenvalue weighted by Gasteiger charge is -2.28. The number of carbonyl (C=O) groups excluding carboxylic acids is 1. The number of hydrogen-bond donors (Lipinski definition) is 1. The highest BCUT2D eigenvalue weighted by atomic mass is 16.5. The summed E-state index contributed by atoms with van der Waals surface area (Å²) in [5, 5.41) is 11.0. The molecular weight excluding hydrogens is 334 g/mol. The molecule has 6 nitrogen and oxygen atoms in total. The normalized spacial score (nSPS) is 16.6. The van der Waals surface area contributed by atoms with E-state index in [1.807, 2.05) is 0 Å². The molecule has 0 bridgehead atoms. The second kappa shape index (κ2) is 8.01. The van der Waals surface area contributed by atoms with Crippen LogP contribution in [0, 0.1) is 6.92 Å². The average Bonchev–Trinajstić information content (AvgIpc) is 2.59. The molecule has 2 heterocycles. The van der Waals surface area contributed by atoms with E-state index < -0.39 is 11.7 Å². The number of carbonyl (C=O) groups is 1. The van der Waals surface area contributed by atoms with Crippen molar-refractivity contribution < 1.29 is 19.1 Å². The van der Waals surface area contributed by atoms with Crippen molar-refractivity contribution in [1.82, 2.24) is 4.90 Å². The Hall–Kier alpha value is -2.18. The number of rotatable bonds is 6. The van der Waals surface area contributed by atoms with Crippen LogP contribution in [0.1, 0.15) is 42.1 Å². The number of benzene rings is 1. The summed E-state index contributed by atoms with van der Waals surface area (Å²) < 4.78 is 11.0. The fourth-order valence-electron chi connectivity index (χ4n) is 3.50. The van der Waals surface area contributed by atoms with Crippen LogP contribution in [0.4, 0.5) is 0 Å². The van der Waals surface area contributed by atoms with Gasteiger partial charge in [0.1, 0.15) is 24.0 Å². The van der Waals surface area contributed by atoms with Gasteiger partial charge in [0.2, 0.25) is 0 Å². The minimum absolute atomic E-state index is 0.0817. The molecule has 1 unspecified atom stereocenters. The molecular formula is C20H25NO5. The van der Waals surface area contributed by atoms with Gasteiger partial charge in [-0.2, -0.15) is 0 Å². The van der Waals surface area contributed by atoms with E-state index in [4.69, 9.17) is 9.15 Å². The Morgan fingerprint density at radius 1 is 1.31 bits per heavy atom. The highest BCUT2D eigenvalue weighted by Crippen LogP contribution is 2.29. The highest BCUT2D eigenvalue weighted by molar-refractivity contribution is 6.07. The van der Waals surface area contributed by atoms with Gasteiger partial charge in [-0.1, -0.05) is 6.42 Å². The molecule has 0 spiro atoms. The summed E-state index contributed by atoms with van der Waals surface area (Å²) in [4.78, 5) is 26.1. The molecule has 1 aromatic heterocycles. The maximum absolute atomic E-state index is 12.2. The van der Waals surface area contributed by atoms with Crippen LogP contribution >= 0.6 is 0 Å². The molecule has 1 atom stereocenters. The van der Waals surface area contributed by atoms with Crippen LogP contribution in [-0.2, 0) is 0 Å². The van der Waals surface area contributed by atoms with Crippen molar-refractivity contribution in [3.05, 3.63) is 39.7 Å². The van der Waals surface area contributed by atoms with E-state index in [0.29, 0.717) is 17.7 Å². The van der Waals surface area contributed by atoms with Crippen molar-refractivity contribution in [2.75, 3.05) is 26.2 Å². The monoisotopic (exact) mass is 359 g/mol. The molecule has 1 N–H and O–H groups in total. The number of aliphatic hydroxyl groups excluding tert-OH is 1.